The molecule has 30 heavy (non-hydrogen) atoms. The minimum absolute atomic E-state index is 0.0596. The van der Waals surface area contributed by atoms with Crippen LogP contribution in [0.25, 0.3) is 6.08 Å². The first-order valence-electron chi connectivity index (χ1n) is 10.6. The molecule has 0 spiro atoms. The Morgan fingerprint density at radius 2 is 1.73 bits per heavy atom. The van der Waals surface area contributed by atoms with Crippen molar-refractivity contribution in [2.75, 3.05) is 40.5 Å². The van der Waals surface area contributed by atoms with Crippen LogP contribution in [-0.2, 0) is 6.42 Å². The van der Waals surface area contributed by atoms with Crippen LogP contribution in [0.3, 0.4) is 0 Å². The minimum atomic E-state index is 0.0596. The number of methoxy groups -OCH3 is 2. The SMILES string of the molecule is COc1ccc(/C=C2\Cc3cc(OC)c(OCCN4CCCCC4)cc3C2=O)cc1. The number of Topliss-reactive ketones (excluding diaryl/α,β-unsaturated/α-hetero) is 1. The fourth-order valence-electron chi connectivity index (χ4n) is 4.18. The van der Waals surface area contributed by atoms with Crippen LogP contribution in [0.1, 0.15) is 40.7 Å². The molecule has 1 heterocycles. The molecule has 0 amide bonds. The first-order chi connectivity index (χ1) is 14.7. The molecule has 0 atom stereocenters. The summed E-state index contributed by atoms with van der Waals surface area (Å²) in [7, 11) is 3.29. The zero-order chi connectivity index (χ0) is 20.9. The highest BCUT2D eigenvalue weighted by molar-refractivity contribution is 6.15. The van der Waals surface area contributed by atoms with Gasteiger partial charge in [-0.1, -0.05) is 18.6 Å². The molecular weight excluding hydrogens is 378 g/mol. The van der Waals surface area contributed by atoms with Gasteiger partial charge in [0.15, 0.2) is 17.3 Å². The van der Waals surface area contributed by atoms with Crippen LogP contribution >= 0.6 is 0 Å². The van der Waals surface area contributed by atoms with Crippen LogP contribution in [0, 0.1) is 0 Å². The topological polar surface area (TPSA) is 48.0 Å². The lowest BCUT2D eigenvalue weighted by Gasteiger charge is -2.26. The van der Waals surface area contributed by atoms with Crippen LogP contribution < -0.4 is 14.2 Å². The van der Waals surface area contributed by atoms with E-state index >= 15 is 0 Å². The lowest BCUT2D eigenvalue weighted by Crippen LogP contribution is -2.33. The zero-order valence-corrected chi connectivity index (χ0v) is 17.8. The summed E-state index contributed by atoms with van der Waals surface area (Å²) >= 11 is 0. The molecule has 0 N–H and O–H groups in total. The van der Waals surface area contributed by atoms with Gasteiger partial charge in [-0.15, -0.1) is 0 Å². The van der Waals surface area contributed by atoms with Crippen LogP contribution in [0.15, 0.2) is 42.0 Å². The number of ether oxygens (including phenoxy) is 3. The molecule has 0 aromatic heterocycles. The van der Waals surface area contributed by atoms with Gasteiger partial charge in [0, 0.05) is 24.1 Å². The lowest BCUT2D eigenvalue weighted by atomic mass is 10.1. The number of likely N-dealkylation sites (tertiary alicyclic amines) is 1. The van der Waals surface area contributed by atoms with E-state index in [1.165, 1.54) is 19.3 Å². The fourth-order valence-corrected chi connectivity index (χ4v) is 4.18. The molecule has 1 aliphatic carbocycles. The van der Waals surface area contributed by atoms with Crippen molar-refractivity contribution in [3.8, 4) is 17.2 Å². The molecule has 2 aromatic carbocycles. The van der Waals surface area contributed by atoms with E-state index in [1.54, 1.807) is 14.2 Å². The van der Waals surface area contributed by atoms with Gasteiger partial charge in [-0.2, -0.15) is 0 Å². The Labute approximate surface area is 178 Å². The van der Waals surface area contributed by atoms with Gasteiger partial charge in [0.2, 0.25) is 0 Å². The summed E-state index contributed by atoms with van der Waals surface area (Å²) in [6.45, 7) is 3.78. The quantitative estimate of drug-likeness (QED) is 0.637. The van der Waals surface area contributed by atoms with Gasteiger partial charge in [0.05, 0.1) is 14.2 Å². The van der Waals surface area contributed by atoms with Crippen molar-refractivity contribution in [1.29, 1.82) is 0 Å². The first-order valence-corrected chi connectivity index (χ1v) is 10.6. The van der Waals surface area contributed by atoms with Gasteiger partial charge in [-0.3, -0.25) is 9.69 Å². The molecule has 0 radical (unpaired) electrons. The number of carbonyl (C=O) groups excluding carboxylic acids is 1. The van der Waals surface area contributed by atoms with E-state index < -0.39 is 0 Å². The number of rotatable bonds is 7. The predicted octanol–water partition coefficient (Wildman–Crippen LogP) is 4.39. The molecule has 0 bridgehead atoms. The van der Waals surface area contributed by atoms with E-state index in [0.717, 1.165) is 42.1 Å². The third kappa shape index (κ3) is 4.51. The van der Waals surface area contributed by atoms with Crippen molar-refractivity contribution in [2.24, 2.45) is 0 Å². The van der Waals surface area contributed by atoms with E-state index in [1.807, 2.05) is 42.5 Å². The van der Waals surface area contributed by atoms with Gasteiger partial charge in [0.25, 0.3) is 0 Å². The highest BCUT2D eigenvalue weighted by Gasteiger charge is 2.27. The maximum absolute atomic E-state index is 13.0. The summed E-state index contributed by atoms with van der Waals surface area (Å²) in [5, 5.41) is 0. The Morgan fingerprint density at radius 3 is 2.43 bits per heavy atom. The number of ketones is 1. The largest absolute Gasteiger partial charge is 0.497 e. The summed E-state index contributed by atoms with van der Waals surface area (Å²) in [5.74, 6) is 2.19. The molecule has 2 aromatic rings. The predicted molar refractivity (Wildman–Crippen MR) is 118 cm³/mol. The van der Waals surface area contributed by atoms with Crippen molar-refractivity contribution in [3.05, 3.63) is 58.7 Å². The van der Waals surface area contributed by atoms with Gasteiger partial charge in [-0.25, -0.2) is 0 Å². The molecule has 1 fully saturated rings. The average molecular weight is 408 g/mol. The van der Waals surface area contributed by atoms with Crippen molar-refractivity contribution in [2.45, 2.75) is 25.7 Å². The number of hydrogen-bond acceptors (Lipinski definition) is 5. The standard InChI is InChI=1S/C25H29NO4/c1-28-21-8-6-18(7-9-21)14-20-15-19-16-23(29-2)24(17-22(19)25(20)27)30-13-12-26-10-4-3-5-11-26/h6-9,14,16-17H,3-5,10-13,15H2,1-2H3/b20-14+. The second-order valence-electron chi connectivity index (χ2n) is 7.86. The summed E-state index contributed by atoms with van der Waals surface area (Å²) in [6.07, 6.45) is 6.40. The van der Waals surface area contributed by atoms with Crippen molar-refractivity contribution in [1.82, 2.24) is 4.90 Å². The maximum Gasteiger partial charge on any atom is 0.189 e. The second kappa shape index (κ2) is 9.35. The van der Waals surface area contributed by atoms with Crippen LogP contribution in [-0.4, -0.2) is 51.1 Å². The Kier molecular flexibility index (Phi) is 6.38. The molecule has 4 rings (SSSR count). The Balaban J connectivity index is 1.48. The van der Waals surface area contributed by atoms with Crippen molar-refractivity contribution in [3.63, 3.8) is 0 Å². The van der Waals surface area contributed by atoms with Crippen molar-refractivity contribution < 1.29 is 19.0 Å². The molecular formula is C25H29NO4. The van der Waals surface area contributed by atoms with Crippen LogP contribution in [0.4, 0.5) is 0 Å². The van der Waals surface area contributed by atoms with E-state index in [0.29, 0.717) is 30.1 Å². The highest BCUT2D eigenvalue weighted by atomic mass is 16.5. The third-order valence-corrected chi connectivity index (χ3v) is 5.88. The summed E-state index contributed by atoms with van der Waals surface area (Å²) in [6, 6.07) is 11.5. The lowest BCUT2D eigenvalue weighted by molar-refractivity contribution is 0.104. The Morgan fingerprint density at radius 1 is 0.967 bits per heavy atom. The monoisotopic (exact) mass is 407 g/mol. The van der Waals surface area contributed by atoms with E-state index in [4.69, 9.17) is 14.2 Å². The van der Waals surface area contributed by atoms with E-state index in [9.17, 15) is 4.79 Å². The van der Waals surface area contributed by atoms with E-state index in [-0.39, 0.29) is 5.78 Å². The summed E-state index contributed by atoms with van der Waals surface area (Å²) < 4.78 is 16.8. The number of allylic oxidation sites excluding steroid dienone is 1. The fraction of sp³-hybridized carbons (Fsp3) is 0.400. The molecule has 0 saturated carbocycles. The summed E-state index contributed by atoms with van der Waals surface area (Å²) in [4.78, 5) is 15.4. The van der Waals surface area contributed by atoms with Gasteiger partial charge in [-0.05, 0) is 67.4 Å². The van der Waals surface area contributed by atoms with Gasteiger partial charge < -0.3 is 14.2 Å². The highest BCUT2D eigenvalue weighted by Crippen LogP contribution is 2.37. The molecule has 0 unspecified atom stereocenters. The number of hydrogen-bond donors (Lipinski definition) is 0. The normalized spacial score (nSPS) is 17.8. The van der Waals surface area contributed by atoms with Gasteiger partial charge in [0.1, 0.15) is 12.4 Å². The zero-order valence-electron chi connectivity index (χ0n) is 17.8. The summed E-state index contributed by atoms with van der Waals surface area (Å²) in [5.41, 5.74) is 3.46. The molecule has 5 heteroatoms. The van der Waals surface area contributed by atoms with E-state index in [2.05, 4.69) is 4.90 Å². The average Bonchev–Trinajstić information content (AvgIpc) is 3.09. The third-order valence-electron chi connectivity index (χ3n) is 5.88. The Hall–Kier alpha value is -2.79. The molecule has 1 aliphatic heterocycles. The van der Waals surface area contributed by atoms with Crippen LogP contribution in [0.5, 0.6) is 17.2 Å². The second-order valence-corrected chi connectivity index (χ2v) is 7.86. The van der Waals surface area contributed by atoms with Gasteiger partial charge >= 0.3 is 0 Å². The number of fused-ring (bicyclic) bond motifs is 1. The Bertz CT molecular complexity index is 927. The maximum atomic E-state index is 13.0. The number of carbonyl (C=O) groups is 1. The molecule has 1 saturated heterocycles. The minimum Gasteiger partial charge on any atom is -0.497 e. The van der Waals surface area contributed by atoms with Crippen LogP contribution in [0.2, 0.25) is 0 Å². The molecule has 158 valence electrons. The molecule has 5 nitrogen and oxygen atoms in total. The van der Waals surface area contributed by atoms with Crippen molar-refractivity contribution >= 4 is 11.9 Å². The number of benzene rings is 2. The number of nitrogens with zero attached hydrogens (tertiary/aromatic N) is 1. The number of piperidine rings is 1. The molecule has 2 aliphatic rings. The first kappa shape index (κ1) is 20.5. The smallest absolute Gasteiger partial charge is 0.189 e.